The van der Waals surface area contributed by atoms with Gasteiger partial charge in [-0.05, 0) is 50.1 Å². The first-order valence-electron chi connectivity index (χ1n) is 9.77. The summed E-state index contributed by atoms with van der Waals surface area (Å²) in [6.45, 7) is 6.87. The van der Waals surface area contributed by atoms with Gasteiger partial charge in [0.25, 0.3) is 0 Å². The number of para-hydroxylation sites is 2. The van der Waals surface area contributed by atoms with E-state index in [1.54, 1.807) is 7.11 Å². The molecule has 0 spiro atoms. The summed E-state index contributed by atoms with van der Waals surface area (Å²) < 4.78 is 13.2. The lowest BCUT2D eigenvalue weighted by atomic mass is 10.2. The Morgan fingerprint density at radius 3 is 2.79 bits per heavy atom. The maximum atomic E-state index is 11.7. The van der Waals surface area contributed by atoms with Gasteiger partial charge in [-0.2, -0.15) is 0 Å². The van der Waals surface area contributed by atoms with E-state index in [1.807, 2.05) is 49.4 Å². The number of rotatable bonds is 10. The predicted molar refractivity (Wildman–Crippen MR) is 114 cm³/mol. The first kappa shape index (κ1) is 20.5. The van der Waals surface area contributed by atoms with Crippen LogP contribution in [-0.2, 0) is 11.3 Å². The normalized spacial score (nSPS) is 11.8. The van der Waals surface area contributed by atoms with E-state index in [9.17, 15) is 4.79 Å². The molecular formula is C23H27N3O3. The Balaban J connectivity index is 1.63. The number of fused-ring (bicyclic) bond motifs is 1. The molecule has 0 aliphatic carbocycles. The number of carbonyl (C=O) groups is 1. The van der Waals surface area contributed by atoms with Crippen LogP contribution in [0.25, 0.3) is 11.0 Å². The Labute approximate surface area is 171 Å². The van der Waals surface area contributed by atoms with Crippen LogP contribution < -0.4 is 14.8 Å². The summed E-state index contributed by atoms with van der Waals surface area (Å²) in [5.74, 6) is 2.23. The molecule has 1 aromatic heterocycles. The first-order chi connectivity index (χ1) is 14.1. The van der Waals surface area contributed by atoms with Crippen molar-refractivity contribution < 1.29 is 14.3 Å². The summed E-state index contributed by atoms with van der Waals surface area (Å²) in [5, 5.41) is 2.90. The minimum atomic E-state index is -0.207. The summed E-state index contributed by atoms with van der Waals surface area (Å²) in [7, 11) is 1.64. The van der Waals surface area contributed by atoms with Crippen molar-refractivity contribution in [3.63, 3.8) is 0 Å². The quantitative estimate of drug-likeness (QED) is 0.413. The van der Waals surface area contributed by atoms with E-state index < -0.39 is 0 Å². The minimum absolute atomic E-state index is 0.206. The van der Waals surface area contributed by atoms with E-state index in [1.165, 1.54) is 6.08 Å². The van der Waals surface area contributed by atoms with Crippen LogP contribution in [0.15, 0.2) is 61.2 Å². The van der Waals surface area contributed by atoms with Crippen LogP contribution in [0.3, 0.4) is 0 Å². The molecule has 0 bridgehead atoms. The average molecular weight is 393 g/mol. The molecule has 3 aromatic rings. The number of hydrogen-bond acceptors (Lipinski definition) is 4. The Morgan fingerprint density at radius 1 is 1.21 bits per heavy atom. The van der Waals surface area contributed by atoms with Crippen LogP contribution in [0.2, 0.25) is 0 Å². The molecule has 0 saturated carbocycles. The molecule has 0 radical (unpaired) electrons. The molecule has 2 aromatic carbocycles. The first-order valence-corrected chi connectivity index (χ1v) is 9.77. The van der Waals surface area contributed by atoms with Crippen molar-refractivity contribution in [1.29, 1.82) is 0 Å². The predicted octanol–water partition coefficient (Wildman–Crippen LogP) is 4.27. The lowest BCUT2D eigenvalue weighted by molar-refractivity contribution is -0.117. The molecule has 1 unspecified atom stereocenters. The maximum absolute atomic E-state index is 11.7. The standard InChI is InChI=1S/C23H27N3O3/c1-4-22(27)24-17(2)23-25-20-12-5-6-13-21(20)26(23)14-7-8-15-29-19-11-9-10-18(16-19)28-3/h4-6,9-13,16-17H,1,7-8,14-15H2,2-3H3,(H,24,27). The highest BCUT2D eigenvalue weighted by Crippen LogP contribution is 2.22. The van der Waals surface area contributed by atoms with Crippen molar-refractivity contribution in [2.24, 2.45) is 0 Å². The van der Waals surface area contributed by atoms with E-state index in [-0.39, 0.29) is 11.9 Å². The van der Waals surface area contributed by atoms with E-state index in [0.29, 0.717) is 6.61 Å². The number of aryl methyl sites for hydroxylation is 1. The van der Waals surface area contributed by atoms with Crippen LogP contribution in [0, 0.1) is 0 Å². The zero-order valence-corrected chi connectivity index (χ0v) is 16.9. The van der Waals surface area contributed by atoms with Gasteiger partial charge in [-0.25, -0.2) is 4.98 Å². The number of carbonyl (C=O) groups excluding carboxylic acids is 1. The highest BCUT2D eigenvalue weighted by molar-refractivity contribution is 5.87. The van der Waals surface area contributed by atoms with Crippen LogP contribution in [0.4, 0.5) is 0 Å². The Hall–Kier alpha value is -3.28. The monoisotopic (exact) mass is 393 g/mol. The Kier molecular flexibility index (Phi) is 6.89. The molecule has 0 fully saturated rings. The molecule has 6 heteroatoms. The summed E-state index contributed by atoms with van der Waals surface area (Å²) in [4.78, 5) is 16.4. The fourth-order valence-corrected chi connectivity index (χ4v) is 3.25. The molecule has 1 atom stereocenters. The zero-order valence-electron chi connectivity index (χ0n) is 16.9. The number of nitrogens with one attached hydrogen (secondary N) is 1. The SMILES string of the molecule is C=CC(=O)NC(C)c1nc2ccccc2n1CCCCOc1cccc(OC)c1. The van der Waals surface area contributed by atoms with Crippen molar-refractivity contribution in [2.45, 2.75) is 32.4 Å². The summed E-state index contributed by atoms with van der Waals surface area (Å²) in [5.41, 5.74) is 1.99. The minimum Gasteiger partial charge on any atom is -0.497 e. The van der Waals surface area contributed by atoms with E-state index in [2.05, 4.69) is 22.5 Å². The number of aromatic nitrogens is 2. The van der Waals surface area contributed by atoms with Crippen molar-refractivity contribution in [3.05, 3.63) is 67.0 Å². The molecule has 6 nitrogen and oxygen atoms in total. The average Bonchev–Trinajstić information content (AvgIpc) is 3.12. The molecule has 1 heterocycles. The van der Waals surface area contributed by atoms with Crippen molar-refractivity contribution in [3.8, 4) is 11.5 Å². The van der Waals surface area contributed by atoms with Gasteiger partial charge in [0.15, 0.2) is 0 Å². The number of imidazole rings is 1. The highest BCUT2D eigenvalue weighted by atomic mass is 16.5. The Bertz CT molecular complexity index is 980. The topological polar surface area (TPSA) is 65.4 Å². The largest absolute Gasteiger partial charge is 0.497 e. The summed E-state index contributed by atoms with van der Waals surface area (Å²) >= 11 is 0. The molecular weight excluding hydrogens is 366 g/mol. The van der Waals surface area contributed by atoms with Crippen molar-refractivity contribution >= 4 is 16.9 Å². The third-order valence-electron chi connectivity index (χ3n) is 4.70. The van der Waals surface area contributed by atoms with Gasteiger partial charge in [-0.1, -0.05) is 24.8 Å². The second kappa shape index (κ2) is 9.78. The fourth-order valence-electron chi connectivity index (χ4n) is 3.25. The molecule has 0 aliphatic rings. The van der Waals surface area contributed by atoms with Crippen molar-refractivity contribution in [1.82, 2.24) is 14.9 Å². The van der Waals surface area contributed by atoms with Gasteiger partial charge >= 0.3 is 0 Å². The maximum Gasteiger partial charge on any atom is 0.243 e. The molecule has 1 amide bonds. The van der Waals surface area contributed by atoms with Gasteiger partial charge in [0.2, 0.25) is 5.91 Å². The molecule has 152 valence electrons. The number of benzene rings is 2. The second-order valence-electron chi connectivity index (χ2n) is 6.78. The zero-order chi connectivity index (χ0) is 20.6. The van der Waals surface area contributed by atoms with E-state index >= 15 is 0 Å². The number of amides is 1. The van der Waals surface area contributed by atoms with Gasteiger partial charge in [0.1, 0.15) is 17.3 Å². The third kappa shape index (κ3) is 5.16. The van der Waals surface area contributed by atoms with Crippen LogP contribution in [0.1, 0.15) is 31.6 Å². The molecule has 1 N–H and O–H groups in total. The Morgan fingerprint density at radius 2 is 2.00 bits per heavy atom. The molecule has 29 heavy (non-hydrogen) atoms. The summed E-state index contributed by atoms with van der Waals surface area (Å²) in [6, 6.07) is 15.4. The lowest BCUT2D eigenvalue weighted by Crippen LogP contribution is -2.27. The number of ether oxygens (including phenoxy) is 2. The van der Waals surface area contributed by atoms with Crippen LogP contribution in [-0.4, -0.2) is 29.2 Å². The van der Waals surface area contributed by atoms with Crippen LogP contribution >= 0.6 is 0 Å². The summed E-state index contributed by atoms with van der Waals surface area (Å²) in [6.07, 6.45) is 3.11. The molecule has 0 aliphatic heterocycles. The number of unbranched alkanes of at least 4 members (excludes halogenated alkanes) is 1. The number of methoxy groups -OCH3 is 1. The van der Waals surface area contributed by atoms with Crippen LogP contribution in [0.5, 0.6) is 11.5 Å². The highest BCUT2D eigenvalue weighted by Gasteiger charge is 2.17. The van der Waals surface area contributed by atoms with Gasteiger partial charge in [-0.15, -0.1) is 0 Å². The van der Waals surface area contributed by atoms with Gasteiger partial charge < -0.3 is 19.4 Å². The molecule has 3 rings (SSSR count). The fraction of sp³-hybridized carbons (Fsp3) is 0.304. The second-order valence-corrected chi connectivity index (χ2v) is 6.78. The van der Waals surface area contributed by atoms with Gasteiger partial charge in [0, 0.05) is 12.6 Å². The smallest absolute Gasteiger partial charge is 0.243 e. The third-order valence-corrected chi connectivity index (χ3v) is 4.70. The van der Waals surface area contributed by atoms with Gasteiger partial charge in [0.05, 0.1) is 30.8 Å². The lowest BCUT2D eigenvalue weighted by Gasteiger charge is -2.15. The number of hydrogen-bond donors (Lipinski definition) is 1. The van der Waals surface area contributed by atoms with Gasteiger partial charge in [-0.3, -0.25) is 4.79 Å². The van der Waals surface area contributed by atoms with Crippen molar-refractivity contribution in [2.75, 3.05) is 13.7 Å². The van der Waals surface area contributed by atoms with E-state index in [0.717, 1.165) is 47.7 Å². The van der Waals surface area contributed by atoms with E-state index in [4.69, 9.17) is 14.5 Å². The number of nitrogens with zero attached hydrogens (tertiary/aromatic N) is 2. The molecule has 0 saturated heterocycles.